The van der Waals surface area contributed by atoms with Crippen LogP contribution in [0.1, 0.15) is 46.4 Å². The number of ether oxygens (including phenoxy) is 4. The van der Waals surface area contributed by atoms with Gasteiger partial charge in [0.1, 0.15) is 25.4 Å². The summed E-state index contributed by atoms with van der Waals surface area (Å²) >= 11 is 0. The molecule has 9 rings (SSSR count). The maximum Gasteiger partial charge on any atom is 0.262 e. The second-order valence-electron chi connectivity index (χ2n) is 14.7. The van der Waals surface area contributed by atoms with Gasteiger partial charge in [0.2, 0.25) is 17.7 Å². The van der Waals surface area contributed by atoms with E-state index in [0.29, 0.717) is 38.8 Å². The fraction of sp³-hybridized carbons (Fsp3) is 0.349. The zero-order valence-electron chi connectivity index (χ0n) is 31.3. The van der Waals surface area contributed by atoms with Gasteiger partial charge in [-0.2, -0.15) is 0 Å². The number of imide groups is 2. The van der Waals surface area contributed by atoms with Gasteiger partial charge in [-0.05, 0) is 48.4 Å². The van der Waals surface area contributed by atoms with Crippen molar-refractivity contribution in [2.45, 2.75) is 50.0 Å². The lowest BCUT2D eigenvalue weighted by Gasteiger charge is -2.40. The Labute approximate surface area is 328 Å². The number of amides is 4. The van der Waals surface area contributed by atoms with E-state index in [0.717, 1.165) is 51.0 Å². The van der Waals surface area contributed by atoms with Crippen LogP contribution in [0.25, 0.3) is 32.9 Å². The van der Waals surface area contributed by atoms with Crippen LogP contribution in [0, 0.1) is 11.8 Å². The summed E-state index contributed by atoms with van der Waals surface area (Å²) in [6.45, 7) is 2.71. The number of anilines is 1. The number of aromatic nitrogens is 3. The molecule has 1 unspecified atom stereocenters. The summed E-state index contributed by atoms with van der Waals surface area (Å²) in [7, 11) is 2.08. The molecule has 6 heterocycles. The molecule has 57 heavy (non-hydrogen) atoms. The van der Waals surface area contributed by atoms with Gasteiger partial charge in [0.25, 0.3) is 11.8 Å². The van der Waals surface area contributed by atoms with Crippen LogP contribution in [-0.4, -0.2) is 107 Å². The van der Waals surface area contributed by atoms with Gasteiger partial charge in [0.15, 0.2) is 0 Å². The molecule has 1 aliphatic carbocycles. The average molecular weight is 769 g/mol. The summed E-state index contributed by atoms with van der Waals surface area (Å²) in [6, 6.07) is 16.6. The van der Waals surface area contributed by atoms with Gasteiger partial charge in [0, 0.05) is 91.6 Å². The van der Waals surface area contributed by atoms with Crippen molar-refractivity contribution in [3.8, 4) is 28.8 Å². The third-order valence-electron chi connectivity index (χ3n) is 11.1. The zero-order valence-corrected chi connectivity index (χ0v) is 31.3. The predicted molar refractivity (Wildman–Crippen MR) is 209 cm³/mol. The number of nitrogens with zero attached hydrogens (tertiary/aromatic N) is 5. The fourth-order valence-corrected chi connectivity index (χ4v) is 7.84. The topological polar surface area (TPSA) is 154 Å². The van der Waals surface area contributed by atoms with Crippen LogP contribution >= 0.6 is 0 Å². The number of aryl methyl sites for hydroxylation is 1. The van der Waals surface area contributed by atoms with Crippen molar-refractivity contribution in [2.24, 2.45) is 7.05 Å². The predicted octanol–water partition coefficient (Wildman–Crippen LogP) is 4.04. The molecule has 1 saturated carbocycles. The molecule has 0 spiro atoms. The Hall–Kier alpha value is -6.14. The van der Waals surface area contributed by atoms with Gasteiger partial charge in [-0.3, -0.25) is 34.4 Å². The monoisotopic (exact) mass is 768 g/mol. The second-order valence-corrected chi connectivity index (χ2v) is 14.7. The maximum atomic E-state index is 13.1. The van der Waals surface area contributed by atoms with Crippen molar-refractivity contribution in [3.63, 3.8) is 0 Å². The van der Waals surface area contributed by atoms with E-state index < -0.39 is 29.7 Å². The number of benzene rings is 2. The van der Waals surface area contributed by atoms with Crippen molar-refractivity contribution in [1.82, 2.24) is 24.8 Å². The number of rotatable bonds is 12. The van der Waals surface area contributed by atoms with E-state index in [1.54, 1.807) is 18.2 Å². The van der Waals surface area contributed by atoms with E-state index in [-0.39, 0.29) is 48.9 Å². The number of hydrogen-bond acceptors (Lipinski definition) is 11. The first kappa shape index (κ1) is 36.5. The SMILES string of the molecule is Cn1c2ccncc2c2ccc(-c3ccc(OC4CC(OCC#CCOCCOC5CN(c6ccc7c(c6)C(=O)N(C6CCC(=O)NC6=O)C7=O)C5)C4)nc3)cc21. The summed E-state index contributed by atoms with van der Waals surface area (Å²) in [5, 5.41) is 4.54. The molecule has 3 fully saturated rings. The molecule has 4 aliphatic rings. The summed E-state index contributed by atoms with van der Waals surface area (Å²) in [5.41, 5.74) is 5.75. The molecule has 5 aromatic rings. The number of pyridine rings is 2. The second kappa shape index (κ2) is 15.4. The van der Waals surface area contributed by atoms with Crippen LogP contribution in [0.3, 0.4) is 0 Å². The van der Waals surface area contributed by atoms with Gasteiger partial charge >= 0.3 is 0 Å². The smallest absolute Gasteiger partial charge is 0.262 e. The highest BCUT2D eigenvalue weighted by molar-refractivity contribution is 6.23. The molecule has 2 saturated heterocycles. The Morgan fingerprint density at radius 1 is 0.789 bits per heavy atom. The Kier molecular flexibility index (Phi) is 9.87. The van der Waals surface area contributed by atoms with Gasteiger partial charge in [-0.15, -0.1) is 0 Å². The molecular formula is C43H40N6O8. The Morgan fingerprint density at radius 2 is 1.61 bits per heavy atom. The summed E-state index contributed by atoms with van der Waals surface area (Å²) < 4.78 is 25.6. The van der Waals surface area contributed by atoms with Gasteiger partial charge in [-0.25, -0.2) is 4.98 Å². The first-order valence-electron chi connectivity index (χ1n) is 19.1. The summed E-state index contributed by atoms with van der Waals surface area (Å²) in [6.07, 6.45) is 7.56. The zero-order chi connectivity index (χ0) is 39.0. The van der Waals surface area contributed by atoms with Crippen LogP contribution in [0.5, 0.6) is 5.88 Å². The van der Waals surface area contributed by atoms with E-state index in [2.05, 4.69) is 61.8 Å². The molecule has 0 bridgehead atoms. The third-order valence-corrected chi connectivity index (χ3v) is 11.1. The quantitative estimate of drug-likeness (QED) is 0.111. The largest absolute Gasteiger partial charge is 0.474 e. The number of carbonyl (C=O) groups excluding carboxylic acids is 4. The molecule has 3 aromatic heterocycles. The molecule has 14 nitrogen and oxygen atoms in total. The number of nitrogens with one attached hydrogen (secondary N) is 1. The molecule has 1 N–H and O–H groups in total. The standard InChI is InChI=1S/C43H40N6O8/c1-47-36-12-13-44-23-35(36)32-7-4-26(18-38(32)47)27-5-11-40(45-22-27)57-30-20-29(21-30)55-15-3-2-14-54-16-17-56-31-24-48(25-31)28-6-8-33-34(19-28)43(53)49(42(33)52)37-9-10-39(50)46-41(37)51/h4-8,11-13,18-19,22-23,29-31,37H,9-10,14-17,20-21,24-25H2,1H3,(H,46,50,51). The van der Waals surface area contributed by atoms with Crippen molar-refractivity contribution in [1.29, 1.82) is 0 Å². The van der Waals surface area contributed by atoms with Crippen LogP contribution in [0.15, 0.2) is 73.2 Å². The molecule has 14 heteroatoms. The number of piperidine rings is 1. The van der Waals surface area contributed by atoms with Gasteiger partial charge < -0.3 is 28.4 Å². The number of fused-ring (bicyclic) bond motifs is 4. The van der Waals surface area contributed by atoms with E-state index in [4.69, 9.17) is 18.9 Å². The Balaban J connectivity index is 0.636. The first-order valence-corrected chi connectivity index (χ1v) is 19.1. The fourth-order valence-electron chi connectivity index (χ4n) is 7.84. The third kappa shape index (κ3) is 7.21. The number of carbonyl (C=O) groups is 4. The summed E-state index contributed by atoms with van der Waals surface area (Å²) in [5.74, 6) is 4.53. The Morgan fingerprint density at radius 3 is 2.44 bits per heavy atom. The van der Waals surface area contributed by atoms with Crippen LogP contribution in [0.4, 0.5) is 5.69 Å². The van der Waals surface area contributed by atoms with Crippen molar-refractivity contribution >= 4 is 51.1 Å². The van der Waals surface area contributed by atoms with Crippen LogP contribution in [-0.2, 0) is 30.8 Å². The van der Waals surface area contributed by atoms with Crippen molar-refractivity contribution in [3.05, 3.63) is 84.3 Å². The maximum absolute atomic E-state index is 13.1. The molecule has 2 aromatic carbocycles. The minimum atomic E-state index is -0.984. The van der Waals surface area contributed by atoms with Crippen LogP contribution < -0.4 is 15.0 Å². The minimum absolute atomic E-state index is 0.0131. The van der Waals surface area contributed by atoms with E-state index >= 15 is 0 Å². The van der Waals surface area contributed by atoms with Crippen molar-refractivity contribution in [2.75, 3.05) is 44.4 Å². The molecular weight excluding hydrogens is 729 g/mol. The van der Waals surface area contributed by atoms with Gasteiger partial charge in [-0.1, -0.05) is 24.0 Å². The van der Waals surface area contributed by atoms with Gasteiger partial charge in [0.05, 0.1) is 42.1 Å². The highest BCUT2D eigenvalue weighted by Crippen LogP contribution is 2.34. The highest BCUT2D eigenvalue weighted by atomic mass is 16.5. The van der Waals surface area contributed by atoms with E-state index in [1.165, 1.54) is 5.39 Å². The van der Waals surface area contributed by atoms with Crippen molar-refractivity contribution < 1.29 is 38.1 Å². The molecule has 290 valence electrons. The normalized spacial score (nSPS) is 20.6. The summed E-state index contributed by atoms with van der Waals surface area (Å²) in [4.78, 5) is 61.8. The first-order chi connectivity index (χ1) is 27.8. The van der Waals surface area contributed by atoms with E-state index in [9.17, 15) is 19.2 Å². The minimum Gasteiger partial charge on any atom is -0.474 e. The highest BCUT2D eigenvalue weighted by Gasteiger charge is 2.45. The average Bonchev–Trinajstić information content (AvgIpc) is 3.61. The van der Waals surface area contributed by atoms with Crippen LogP contribution in [0.2, 0.25) is 0 Å². The molecule has 0 radical (unpaired) electrons. The molecule has 3 aliphatic heterocycles. The Bertz CT molecular complexity index is 2460. The van der Waals surface area contributed by atoms with E-state index in [1.807, 2.05) is 36.8 Å². The number of hydrogen-bond donors (Lipinski definition) is 1. The lowest BCUT2D eigenvalue weighted by Crippen LogP contribution is -2.54. The lowest BCUT2D eigenvalue weighted by molar-refractivity contribution is -0.136. The molecule has 1 atom stereocenters. The molecule has 4 amide bonds. The lowest BCUT2D eigenvalue weighted by atomic mass is 9.92.